The fraction of sp³-hybridized carbons (Fsp3) is 0.545. The van der Waals surface area contributed by atoms with Crippen molar-refractivity contribution >= 4 is 23.8 Å². The van der Waals surface area contributed by atoms with E-state index in [4.69, 9.17) is 4.74 Å². The van der Waals surface area contributed by atoms with Crippen LogP contribution in [0.4, 0.5) is 10.5 Å². The van der Waals surface area contributed by atoms with Crippen LogP contribution >= 0.6 is 0 Å². The van der Waals surface area contributed by atoms with Crippen molar-refractivity contribution < 1.29 is 19.1 Å². The summed E-state index contributed by atoms with van der Waals surface area (Å²) in [6, 6.07) is 5.13. The van der Waals surface area contributed by atoms with E-state index in [9.17, 15) is 9.59 Å². The maximum atomic E-state index is 12.2. The summed E-state index contributed by atoms with van der Waals surface area (Å²) < 4.78 is 10.5. The maximum Gasteiger partial charge on any atom is 0.330 e. The molecule has 0 fully saturated rings. The largest absolute Gasteiger partial charge is 0.490 e. The zero-order chi connectivity index (χ0) is 21.5. The Kier molecular flexibility index (Phi) is 12.2. The van der Waals surface area contributed by atoms with Gasteiger partial charge in [0.15, 0.2) is 0 Å². The Morgan fingerprint density at radius 1 is 1.14 bits per heavy atom. The maximum absolute atomic E-state index is 12.2. The number of unbranched alkanes of at least 4 members (excludes halogenated alkanes) is 2. The molecule has 0 unspecified atom stereocenters. The third-order valence-electron chi connectivity index (χ3n) is 4.49. The van der Waals surface area contributed by atoms with Gasteiger partial charge in [0.05, 0.1) is 12.8 Å². The normalized spacial score (nSPS) is 10.9. The first-order valence-electron chi connectivity index (χ1n) is 10.3. The van der Waals surface area contributed by atoms with Gasteiger partial charge < -0.3 is 25.0 Å². The van der Waals surface area contributed by atoms with E-state index < -0.39 is 5.97 Å². The minimum Gasteiger partial charge on any atom is -0.490 e. The van der Waals surface area contributed by atoms with Gasteiger partial charge >= 0.3 is 12.0 Å². The Hall–Kier alpha value is -2.54. The lowest BCUT2D eigenvalue weighted by atomic mass is 10.1. The van der Waals surface area contributed by atoms with Crippen LogP contribution in [0.5, 0.6) is 5.75 Å². The molecule has 162 valence electrons. The van der Waals surface area contributed by atoms with Gasteiger partial charge in [0, 0.05) is 19.2 Å². The lowest BCUT2D eigenvalue weighted by Gasteiger charge is -2.19. The van der Waals surface area contributed by atoms with Gasteiger partial charge in [-0.15, -0.1) is 0 Å². The number of esters is 1. The van der Waals surface area contributed by atoms with Gasteiger partial charge in [-0.2, -0.15) is 0 Å². The Bertz CT molecular complexity index is 657. The number of ether oxygens (including phenoxy) is 2. The summed E-state index contributed by atoms with van der Waals surface area (Å²) in [4.78, 5) is 25.8. The summed E-state index contributed by atoms with van der Waals surface area (Å²) in [5.74, 6) is 0.156. The molecule has 0 aliphatic heterocycles. The van der Waals surface area contributed by atoms with Crippen LogP contribution in [0, 0.1) is 0 Å². The van der Waals surface area contributed by atoms with E-state index in [2.05, 4.69) is 41.0 Å². The second kappa shape index (κ2) is 14.5. The van der Waals surface area contributed by atoms with Crippen LogP contribution in [0.15, 0.2) is 24.3 Å². The van der Waals surface area contributed by atoms with E-state index in [1.807, 2.05) is 6.07 Å². The van der Waals surface area contributed by atoms with Crippen molar-refractivity contribution in [2.45, 2.75) is 40.0 Å². The molecule has 1 rings (SSSR count). The molecule has 2 amide bonds. The second-order valence-corrected chi connectivity index (χ2v) is 6.58. The third-order valence-corrected chi connectivity index (χ3v) is 4.49. The average molecular weight is 406 g/mol. The molecule has 1 aromatic carbocycles. The lowest BCUT2D eigenvalue weighted by Crippen LogP contribution is -2.30. The number of carbonyl (C=O) groups excluding carboxylic acids is 2. The molecule has 2 N–H and O–H groups in total. The number of hydrogen-bond acceptors (Lipinski definition) is 5. The molecule has 0 atom stereocenters. The smallest absolute Gasteiger partial charge is 0.330 e. The first kappa shape index (κ1) is 24.5. The number of hydrogen-bond donors (Lipinski definition) is 2. The van der Waals surface area contributed by atoms with Gasteiger partial charge in [-0.05, 0) is 43.3 Å². The number of urea groups is 1. The molecule has 7 heteroatoms. The molecule has 7 nitrogen and oxygen atoms in total. The van der Waals surface area contributed by atoms with Crippen LogP contribution in [0.2, 0.25) is 0 Å². The molecule has 0 aromatic heterocycles. The molecular formula is C22H35N3O4. The van der Waals surface area contributed by atoms with Crippen LogP contribution in [0.3, 0.4) is 0 Å². The van der Waals surface area contributed by atoms with Crippen molar-refractivity contribution in [3.05, 3.63) is 29.8 Å². The van der Waals surface area contributed by atoms with Crippen molar-refractivity contribution in [1.29, 1.82) is 0 Å². The Balaban J connectivity index is 2.84. The molecule has 0 heterocycles. The number of benzene rings is 1. The van der Waals surface area contributed by atoms with E-state index >= 15 is 0 Å². The van der Waals surface area contributed by atoms with Crippen LogP contribution in [0.1, 0.15) is 45.6 Å². The topological polar surface area (TPSA) is 79.9 Å². The van der Waals surface area contributed by atoms with E-state index in [0.29, 0.717) is 24.6 Å². The number of methoxy groups -OCH3 is 1. The van der Waals surface area contributed by atoms with Gasteiger partial charge in [0.25, 0.3) is 0 Å². The highest BCUT2D eigenvalue weighted by atomic mass is 16.5. The van der Waals surface area contributed by atoms with Gasteiger partial charge in [-0.25, -0.2) is 9.59 Å². The number of carbonyl (C=O) groups is 2. The van der Waals surface area contributed by atoms with E-state index in [0.717, 1.165) is 44.5 Å². The number of nitrogens with one attached hydrogen (secondary N) is 2. The number of amides is 2. The van der Waals surface area contributed by atoms with Crippen molar-refractivity contribution in [3.63, 3.8) is 0 Å². The standard InChI is InChI=1S/C22H35N3O4/c1-5-8-9-14-23-22(27)24-19-17-18(11-13-21(26)28-4)10-12-20(19)29-16-15-25(6-2)7-3/h10-13,17H,5-9,14-16H2,1-4H3,(H2,23,24,27)/b13-11+. The quantitative estimate of drug-likeness (QED) is 0.296. The monoisotopic (exact) mass is 405 g/mol. The summed E-state index contributed by atoms with van der Waals surface area (Å²) in [5, 5.41) is 5.72. The summed E-state index contributed by atoms with van der Waals surface area (Å²) in [6.45, 7) is 10.2. The first-order chi connectivity index (χ1) is 14.0. The highest BCUT2D eigenvalue weighted by Gasteiger charge is 2.10. The van der Waals surface area contributed by atoms with Crippen molar-refractivity contribution in [1.82, 2.24) is 10.2 Å². The van der Waals surface area contributed by atoms with E-state index in [1.54, 1.807) is 18.2 Å². The van der Waals surface area contributed by atoms with Crippen molar-refractivity contribution in [2.75, 3.05) is 45.2 Å². The van der Waals surface area contributed by atoms with Crippen LogP contribution in [-0.2, 0) is 9.53 Å². The molecule has 0 aliphatic carbocycles. The Morgan fingerprint density at radius 2 is 1.90 bits per heavy atom. The van der Waals surface area contributed by atoms with E-state index in [1.165, 1.54) is 13.2 Å². The molecule has 0 radical (unpaired) electrons. The third kappa shape index (κ3) is 9.99. The highest BCUT2D eigenvalue weighted by molar-refractivity contribution is 5.92. The molecule has 1 aromatic rings. The zero-order valence-corrected chi connectivity index (χ0v) is 18.1. The summed E-state index contributed by atoms with van der Waals surface area (Å²) >= 11 is 0. The van der Waals surface area contributed by atoms with Crippen LogP contribution in [-0.4, -0.2) is 56.8 Å². The highest BCUT2D eigenvalue weighted by Crippen LogP contribution is 2.26. The molecule has 0 saturated carbocycles. The predicted octanol–water partition coefficient (Wildman–Crippen LogP) is 3.91. The first-order valence-corrected chi connectivity index (χ1v) is 10.3. The lowest BCUT2D eigenvalue weighted by molar-refractivity contribution is -0.134. The van der Waals surface area contributed by atoms with Crippen LogP contribution < -0.4 is 15.4 Å². The Morgan fingerprint density at radius 3 is 2.55 bits per heavy atom. The number of likely N-dealkylation sites (N-methyl/N-ethyl adjacent to an activating group) is 1. The van der Waals surface area contributed by atoms with Crippen molar-refractivity contribution in [3.8, 4) is 5.75 Å². The molecular weight excluding hydrogens is 370 g/mol. The van der Waals surface area contributed by atoms with Crippen molar-refractivity contribution in [2.24, 2.45) is 0 Å². The van der Waals surface area contributed by atoms with E-state index in [-0.39, 0.29) is 6.03 Å². The van der Waals surface area contributed by atoms with Gasteiger partial charge in [-0.3, -0.25) is 0 Å². The second-order valence-electron chi connectivity index (χ2n) is 6.58. The van der Waals surface area contributed by atoms with Gasteiger partial charge in [-0.1, -0.05) is 39.7 Å². The average Bonchev–Trinajstić information content (AvgIpc) is 2.73. The molecule has 0 saturated heterocycles. The molecule has 29 heavy (non-hydrogen) atoms. The predicted molar refractivity (Wildman–Crippen MR) is 117 cm³/mol. The van der Waals surface area contributed by atoms with Crippen LogP contribution in [0.25, 0.3) is 6.08 Å². The number of nitrogens with zero attached hydrogens (tertiary/aromatic N) is 1. The minimum atomic E-state index is -0.437. The molecule has 0 aliphatic rings. The summed E-state index contributed by atoms with van der Waals surface area (Å²) in [6.07, 6.45) is 6.09. The summed E-state index contributed by atoms with van der Waals surface area (Å²) in [5.41, 5.74) is 1.32. The Labute approximate surface area is 174 Å². The van der Waals surface area contributed by atoms with Gasteiger partial charge in [0.2, 0.25) is 0 Å². The molecule has 0 spiro atoms. The SMILES string of the molecule is CCCCCNC(=O)Nc1cc(/C=C/C(=O)OC)ccc1OCCN(CC)CC. The minimum absolute atomic E-state index is 0.274. The number of rotatable bonds is 13. The number of anilines is 1. The van der Waals surface area contributed by atoms with Gasteiger partial charge in [0.1, 0.15) is 12.4 Å². The zero-order valence-electron chi connectivity index (χ0n) is 18.1. The fourth-order valence-electron chi connectivity index (χ4n) is 2.68. The fourth-order valence-corrected chi connectivity index (χ4v) is 2.68. The molecule has 0 bridgehead atoms. The summed E-state index contributed by atoms with van der Waals surface area (Å²) in [7, 11) is 1.33.